The maximum atomic E-state index is 12.8. The van der Waals surface area contributed by atoms with Crippen LogP contribution < -0.4 is 5.32 Å². The SMILES string of the molecule is CCCN(C(=O)c1ccn(-c2cccc(Cl)c2)n1)C1CCNC1.Cl. The van der Waals surface area contributed by atoms with Gasteiger partial charge in [0.25, 0.3) is 5.91 Å². The van der Waals surface area contributed by atoms with E-state index in [2.05, 4.69) is 17.3 Å². The van der Waals surface area contributed by atoms with Crippen LogP contribution in [0.15, 0.2) is 36.5 Å². The fraction of sp³-hybridized carbons (Fsp3) is 0.412. The average molecular weight is 369 g/mol. The molecular formula is C17H22Cl2N4O. The first kappa shape index (κ1) is 18.8. The third kappa shape index (κ3) is 4.09. The van der Waals surface area contributed by atoms with Crippen LogP contribution in [0.3, 0.4) is 0 Å². The van der Waals surface area contributed by atoms with Crippen molar-refractivity contribution in [3.05, 3.63) is 47.2 Å². The van der Waals surface area contributed by atoms with Gasteiger partial charge in [0.05, 0.1) is 5.69 Å². The predicted molar refractivity (Wildman–Crippen MR) is 98.4 cm³/mol. The van der Waals surface area contributed by atoms with E-state index >= 15 is 0 Å². The number of carbonyl (C=O) groups excluding carboxylic acids is 1. The van der Waals surface area contributed by atoms with Gasteiger partial charge in [-0.25, -0.2) is 4.68 Å². The first-order valence-electron chi connectivity index (χ1n) is 8.02. The molecule has 24 heavy (non-hydrogen) atoms. The highest BCUT2D eigenvalue weighted by Gasteiger charge is 2.27. The highest BCUT2D eigenvalue weighted by molar-refractivity contribution is 6.30. The van der Waals surface area contributed by atoms with Crippen LogP contribution in [0.1, 0.15) is 30.3 Å². The lowest BCUT2D eigenvalue weighted by Gasteiger charge is -2.27. The van der Waals surface area contributed by atoms with E-state index in [1.807, 2.05) is 29.2 Å². The fourth-order valence-corrected chi connectivity index (χ4v) is 3.13. The summed E-state index contributed by atoms with van der Waals surface area (Å²) in [5.41, 5.74) is 1.33. The molecule has 1 aromatic carbocycles. The van der Waals surface area contributed by atoms with Crippen molar-refractivity contribution >= 4 is 29.9 Å². The van der Waals surface area contributed by atoms with Gasteiger partial charge >= 0.3 is 0 Å². The first-order valence-corrected chi connectivity index (χ1v) is 8.40. The third-order valence-electron chi connectivity index (χ3n) is 4.08. The zero-order valence-corrected chi connectivity index (χ0v) is 15.2. The number of benzene rings is 1. The van der Waals surface area contributed by atoms with Gasteiger partial charge in [-0.1, -0.05) is 24.6 Å². The van der Waals surface area contributed by atoms with Gasteiger partial charge in [-0.15, -0.1) is 12.4 Å². The van der Waals surface area contributed by atoms with Crippen molar-refractivity contribution in [2.75, 3.05) is 19.6 Å². The quantitative estimate of drug-likeness (QED) is 0.881. The lowest BCUT2D eigenvalue weighted by Crippen LogP contribution is -2.42. The molecule has 1 fully saturated rings. The summed E-state index contributed by atoms with van der Waals surface area (Å²) in [6.07, 6.45) is 3.74. The van der Waals surface area contributed by atoms with Crippen molar-refractivity contribution in [1.82, 2.24) is 20.0 Å². The molecule has 0 saturated carbocycles. The summed E-state index contributed by atoms with van der Waals surface area (Å²) in [7, 11) is 0. The summed E-state index contributed by atoms with van der Waals surface area (Å²) in [5, 5.41) is 8.41. The molecule has 1 atom stereocenters. The molecule has 1 aromatic heterocycles. The average Bonchev–Trinajstić information content (AvgIpc) is 3.23. The molecule has 0 radical (unpaired) electrons. The van der Waals surface area contributed by atoms with E-state index in [9.17, 15) is 4.79 Å². The summed E-state index contributed by atoms with van der Waals surface area (Å²) in [5.74, 6) is 0.00123. The van der Waals surface area contributed by atoms with E-state index in [1.54, 1.807) is 16.9 Å². The Balaban J connectivity index is 0.00000208. The molecule has 0 aliphatic carbocycles. The van der Waals surface area contributed by atoms with Gasteiger partial charge < -0.3 is 10.2 Å². The van der Waals surface area contributed by atoms with Crippen molar-refractivity contribution < 1.29 is 4.79 Å². The summed E-state index contributed by atoms with van der Waals surface area (Å²) < 4.78 is 1.69. The standard InChI is InChI=1S/C17H21ClN4O.ClH/c1-2-9-21(15-6-8-19-12-15)17(23)16-7-10-22(20-16)14-5-3-4-13(18)11-14;/h3-5,7,10-11,15,19H,2,6,8-9,12H2,1H3;1H. The van der Waals surface area contributed by atoms with Crippen LogP contribution in [0.25, 0.3) is 5.69 Å². The number of nitrogens with one attached hydrogen (secondary N) is 1. The molecule has 2 heterocycles. The van der Waals surface area contributed by atoms with Crippen LogP contribution in [0.2, 0.25) is 5.02 Å². The second kappa shape index (κ2) is 8.51. The van der Waals surface area contributed by atoms with Gasteiger partial charge in [0, 0.05) is 30.4 Å². The number of hydrogen-bond acceptors (Lipinski definition) is 3. The van der Waals surface area contributed by atoms with E-state index in [0.29, 0.717) is 10.7 Å². The number of amides is 1. The fourth-order valence-electron chi connectivity index (χ4n) is 2.94. The van der Waals surface area contributed by atoms with E-state index in [1.165, 1.54) is 0 Å². The van der Waals surface area contributed by atoms with Gasteiger partial charge in [0.1, 0.15) is 0 Å². The molecule has 1 unspecified atom stereocenters. The van der Waals surface area contributed by atoms with Crippen LogP contribution >= 0.6 is 24.0 Å². The molecule has 2 aromatic rings. The van der Waals surface area contributed by atoms with E-state index in [0.717, 1.165) is 38.2 Å². The second-order valence-corrected chi connectivity index (χ2v) is 6.21. The molecule has 1 N–H and O–H groups in total. The predicted octanol–water partition coefficient (Wildman–Crippen LogP) is 3.16. The van der Waals surface area contributed by atoms with Crippen molar-refractivity contribution in [2.24, 2.45) is 0 Å². The smallest absolute Gasteiger partial charge is 0.274 e. The zero-order valence-electron chi connectivity index (χ0n) is 13.6. The molecule has 5 nitrogen and oxygen atoms in total. The van der Waals surface area contributed by atoms with Crippen LogP contribution in [-0.2, 0) is 0 Å². The number of hydrogen-bond donors (Lipinski definition) is 1. The third-order valence-corrected chi connectivity index (χ3v) is 4.32. The molecule has 7 heteroatoms. The molecule has 0 bridgehead atoms. The highest BCUT2D eigenvalue weighted by atomic mass is 35.5. The van der Waals surface area contributed by atoms with Crippen LogP contribution in [0, 0.1) is 0 Å². The normalized spacial score (nSPS) is 16.7. The van der Waals surface area contributed by atoms with Gasteiger partial charge in [0.15, 0.2) is 5.69 Å². The first-order chi connectivity index (χ1) is 11.2. The Hall–Kier alpha value is -1.56. The lowest BCUT2D eigenvalue weighted by atomic mass is 10.2. The maximum Gasteiger partial charge on any atom is 0.274 e. The summed E-state index contributed by atoms with van der Waals surface area (Å²) in [6.45, 7) is 4.68. The largest absolute Gasteiger partial charge is 0.333 e. The molecule has 1 amide bonds. The number of halogens is 2. The number of nitrogens with zero attached hydrogens (tertiary/aromatic N) is 3. The van der Waals surface area contributed by atoms with Crippen LogP contribution in [0.5, 0.6) is 0 Å². The minimum atomic E-state index is 0. The Kier molecular flexibility index (Phi) is 6.66. The van der Waals surface area contributed by atoms with E-state index in [4.69, 9.17) is 11.6 Å². The van der Waals surface area contributed by atoms with Crippen molar-refractivity contribution in [3.63, 3.8) is 0 Å². The Morgan fingerprint density at radius 2 is 2.29 bits per heavy atom. The molecule has 1 aliphatic heterocycles. The molecular weight excluding hydrogens is 347 g/mol. The van der Waals surface area contributed by atoms with Gasteiger partial charge in [-0.2, -0.15) is 5.10 Å². The Morgan fingerprint density at radius 3 is 2.96 bits per heavy atom. The molecule has 0 spiro atoms. The van der Waals surface area contributed by atoms with Gasteiger partial charge in [-0.3, -0.25) is 4.79 Å². The second-order valence-electron chi connectivity index (χ2n) is 5.77. The molecule has 3 rings (SSSR count). The Labute approximate surface area is 153 Å². The minimum absolute atomic E-state index is 0. The highest BCUT2D eigenvalue weighted by Crippen LogP contribution is 2.17. The number of rotatable bonds is 5. The van der Waals surface area contributed by atoms with Crippen molar-refractivity contribution in [2.45, 2.75) is 25.8 Å². The molecule has 1 saturated heterocycles. The Morgan fingerprint density at radius 1 is 1.46 bits per heavy atom. The minimum Gasteiger partial charge on any atom is -0.333 e. The Bertz CT molecular complexity index is 683. The van der Waals surface area contributed by atoms with E-state index < -0.39 is 0 Å². The zero-order chi connectivity index (χ0) is 16.2. The summed E-state index contributed by atoms with van der Waals surface area (Å²) >= 11 is 6.02. The topological polar surface area (TPSA) is 50.2 Å². The summed E-state index contributed by atoms with van der Waals surface area (Å²) in [4.78, 5) is 14.8. The monoisotopic (exact) mass is 368 g/mol. The summed E-state index contributed by atoms with van der Waals surface area (Å²) in [6, 6.07) is 9.46. The van der Waals surface area contributed by atoms with Crippen LogP contribution in [0.4, 0.5) is 0 Å². The number of carbonyl (C=O) groups is 1. The molecule has 130 valence electrons. The van der Waals surface area contributed by atoms with E-state index in [-0.39, 0.29) is 24.4 Å². The maximum absolute atomic E-state index is 12.8. The number of aromatic nitrogens is 2. The van der Waals surface area contributed by atoms with Crippen LogP contribution in [-0.4, -0.2) is 46.3 Å². The van der Waals surface area contributed by atoms with Crippen molar-refractivity contribution in [1.29, 1.82) is 0 Å². The van der Waals surface area contributed by atoms with Gasteiger partial charge in [0.2, 0.25) is 0 Å². The van der Waals surface area contributed by atoms with Gasteiger partial charge in [-0.05, 0) is 43.7 Å². The van der Waals surface area contributed by atoms with Crippen molar-refractivity contribution in [3.8, 4) is 5.69 Å². The lowest BCUT2D eigenvalue weighted by molar-refractivity contribution is 0.0685. The molecule has 1 aliphatic rings.